The Morgan fingerprint density at radius 1 is 0.556 bits per heavy atom. The van der Waals surface area contributed by atoms with Crippen LogP contribution in [0.1, 0.15) is 18.4 Å². The normalized spacial score (nSPS) is 13.6. The van der Waals surface area contributed by atoms with E-state index in [1.54, 1.807) is 6.08 Å². The summed E-state index contributed by atoms with van der Waals surface area (Å²) in [6.07, 6.45) is 11.7. The van der Waals surface area contributed by atoms with E-state index in [0.717, 1.165) is 75.2 Å². The van der Waals surface area contributed by atoms with Crippen LogP contribution in [-0.4, -0.2) is 0 Å². The molecule has 2 aliphatic rings. The van der Waals surface area contributed by atoms with Crippen LogP contribution in [-0.2, 0) is 0 Å². The highest BCUT2D eigenvalue weighted by molar-refractivity contribution is 5.82. The van der Waals surface area contributed by atoms with E-state index in [1.165, 1.54) is 11.1 Å². The number of rotatable bonds is 8. The average Bonchev–Trinajstić information content (AvgIpc) is 3.11. The second kappa shape index (κ2) is 12.4. The molecule has 1 heterocycles. The zero-order valence-electron chi connectivity index (χ0n) is 25.0. The van der Waals surface area contributed by atoms with E-state index in [0.29, 0.717) is 0 Å². The molecule has 218 valence electrons. The summed E-state index contributed by atoms with van der Waals surface area (Å²) in [6, 6.07) is 42.5. The molecule has 5 aromatic carbocycles. The Hall–Kier alpha value is -5.80. The number of allylic oxidation sites excluding steroid dienone is 6. The van der Waals surface area contributed by atoms with Crippen molar-refractivity contribution in [1.82, 2.24) is 0 Å². The van der Waals surface area contributed by atoms with Crippen molar-refractivity contribution in [2.75, 3.05) is 4.90 Å². The summed E-state index contributed by atoms with van der Waals surface area (Å²) in [6.45, 7) is 7.81. The lowest BCUT2D eigenvalue weighted by molar-refractivity contribution is 0.288. The maximum absolute atomic E-state index is 6.21. The minimum absolute atomic E-state index is 0.742. The van der Waals surface area contributed by atoms with Gasteiger partial charge in [-0.1, -0.05) is 104 Å². The number of hydrogen-bond donors (Lipinski definition) is 0. The van der Waals surface area contributed by atoms with Gasteiger partial charge < -0.3 is 14.4 Å². The summed E-state index contributed by atoms with van der Waals surface area (Å²) < 4.78 is 12.3. The van der Waals surface area contributed by atoms with Crippen molar-refractivity contribution < 1.29 is 9.47 Å². The predicted octanol–water partition coefficient (Wildman–Crippen LogP) is 11.6. The fourth-order valence-electron chi connectivity index (χ4n) is 5.80. The summed E-state index contributed by atoms with van der Waals surface area (Å²) in [7, 11) is 0. The zero-order chi connectivity index (χ0) is 30.6. The van der Waals surface area contributed by atoms with Crippen LogP contribution in [0.15, 0.2) is 176 Å². The van der Waals surface area contributed by atoms with E-state index in [9.17, 15) is 0 Å². The van der Waals surface area contributed by atoms with Gasteiger partial charge in [-0.15, -0.1) is 0 Å². The lowest BCUT2D eigenvalue weighted by Crippen LogP contribution is -2.14. The Labute approximate surface area is 265 Å². The maximum Gasteiger partial charge on any atom is 0.170 e. The van der Waals surface area contributed by atoms with Gasteiger partial charge in [0.2, 0.25) is 0 Å². The Morgan fingerprint density at radius 2 is 1.07 bits per heavy atom. The van der Waals surface area contributed by atoms with E-state index in [2.05, 4.69) is 139 Å². The van der Waals surface area contributed by atoms with Gasteiger partial charge >= 0.3 is 0 Å². The molecule has 0 radical (unpaired) electrons. The largest absolute Gasteiger partial charge is 0.450 e. The van der Waals surface area contributed by atoms with Gasteiger partial charge in [0, 0.05) is 17.1 Å². The molecule has 7 rings (SSSR count). The molecule has 0 amide bonds. The second-order valence-electron chi connectivity index (χ2n) is 11.0. The van der Waals surface area contributed by atoms with E-state index >= 15 is 0 Å². The first-order chi connectivity index (χ1) is 22.2. The first-order valence-corrected chi connectivity index (χ1v) is 15.2. The molecule has 0 saturated heterocycles. The smallest absolute Gasteiger partial charge is 0.170 e. The Bertz CT molecular complexity index is 1950. The molecule has 0 spiro atoms. The molecule has 0 fully saturated rings. The van der Waals surface area contributed by atoms with Crippen LogP contribution in [0.5, 0.6) is 11.5 Å². The molecule has 3 heteroatoms. The number of anilines is 3. The number of hydrogen-bond acceptors (Lipinski definition) is 3. The molecule has 0 unspecified atom stereocenters. The van der Waals surface area contributed by atoms with Crippen molar-refractivity contribution in [2.24, 2.45) is 0 Å². The van der Waals surface area contributed by atoms with Gasteiger partial charge in [0.15, 0.2) is 23.0 Å². The summed E-state index contributed by atoms with van der Waals surface area (Å²) in [5.41, 5.74) is 9.87. The van der Waals surface area contributed by atoms with Crippen LogP contribution in [0.4, 0.5) is 17.1 Å². The van der Waals surface area contributed by atoms with E-state index in [4.69, 9.17) is 9.47 Å². The Kier molecular flexibility index (Phi) is 7.74. The molecule has 0 saturated carbocycles. The van der Waals surface area contributed by atoms with Crippen LogP contribution in [0.2, 0.25) is 0 Å². The maximum atomic E-state index is 6.21. The fourth-order valence-corrected chi connectivity index (χ4v) is 5.80. The van der Waals surface area contributed by atoms with Gasteiger partial charge in [-0.2, -0.15) is 0 Å². The van der Waals surface area contributed by atoms with Crippen molar-refractivity contribution in [3.05, 3.63) is 182 Å². The van der Waals surface area contributed by atoms with E-state index < -0.39 is 0 Å². The van der Waals surface area contributed by atoms with Crippen LogP contribution >= 0.6 is 0 Å². The predicted molar refractivity (Wildman–Crippen MR) is 187 cm³/mol. The molecule has 0 bridgehead atoms. The molecule has 1 aliphatic carbocycles. The van der Waals surface area contributed by atoms with Crippen LogP contribution in [0, 0.1) is 0 Å². The SMILES string of the molecule is C=C/C=C(\C=C)c1ccc(N(c2ccc(-c3ccccc3)cc2)c2ccc(-c3ccc4c(c3)OC3=CCCC=C3O4)cc2)cc1. The third-order valence-corrected chi connectivity index (χ3v) is 8.12. The monoisotopic (exact) mass is 583 g/mol. The summed E-state index contributed by atoms with van der Waals surface area (Å²) >= 11 is 0. The van der Waals surface area contributed by atoms with Crippen molar-refractivity contribution in [1.29, 1.82) is 0 Å². The van der Waals surface area contributed by atoms with Gasteiger partial charge in [-0.25, -0.2) is 0 Å². The highest BCUT2D eigenvalue weighted by Gasteiger charge is 2.23. The summed E-state index contributed by atoms with van der Waals surface area (Å²) in [5, 5.41) is 0. The minimum Gasteiger partial charge on any atom is -0.450 e. The third-order valence-electron chi connectivity index (χ3n) is 8.12. The Morgan fingerprint density at radius 3 is 1.64 bits per heavy atom. The topological polar surface area (TPSA) is 21.7 Å². The highest BCUT2D eigenvalue weighted by atomic mass is 16.6. The molecule has 3 nitrogen and oxygen atoms in total. The lowest BCUT2D eigenvalue weighted by atomic mass is 10.0. The first-order valence-electron chi connectivity index (χ1n) is 15.2. The van der Waals surface area contributed by atoms with Crippen molar-refractivity contribution in [2.45, 2.75) is 12.8 Å². The molecule has 5 aromatic rings. The van der Waals surface area contributed by atoms with Crippen molar-refractivity contribution in [3.8, 4) is 33.8 Å². The van der Waals surface area contributed by atoms with E-state index in [-0.39, 0.29) is 0 Å². The van der Waals surface area contributed by atoms with Gasteiger partial charge in [0.1, 0.15) is 0 Å². The Balaban J connectivity index is 1.23. The standard InChI is InChI=1S/C42H33NO2/c1-3-10-30(4-2)32-15-22-36(23-16-32)43(37-24-17-33(18-25-37)31-11-6-5-7-12-31)38-26-19-34(20-27-38)35-21-28-41-42(29-35)45-40-14-9-8-13-39(40)44-41/h3-7,10-29H,1-2,8-9H2/b30-10+. The average molecular weight is 584 g/mol. The minimum atomic E-state index is 0.742. The van der Waals surface area contributed by atoms with Gasteiger partial charge in [-0.05, 0) is 107 Å². The molecular weight excluding hydrogens is 550 g/mol. The molecule has 0 aromatic heterocycles. The summed E-state index contributed by atoms with van der Waals surface area (Å²) in [4.78, 5) is 2.28. The quantitative estimate of drug-likeness (QED) is 0.170. The molecular formula is C42H33NO2. The first kappa shape index (κ1) is 28.0. The zero-order valence-corrected chi connectivity index (χ0v) is 25.0. The summed E-state index contributed by atoms with van der Waals surface area (Å²) in [5.74, 6) is 3.11. The van der Waals surface area contributed by atoms with Crippen molar-refractivity contribution in [3.63, 3.8) is 0 Å². The molecule has 0 N–H and O–H groups in total. The number of fused-ring (bicyclic) bond motifs is 2. The molecule has 45 heavy (non-hydrogen) atoms. The fraction of sp³-hybridized carbons (Fsp3) is 0.0476. The number of nitrogens with zero attached hydrogens (tertiary/aromatic N) is 1. The highest BCUT2D eigenvalue weighted by Crippen LogP contribution is 2.42. The lowest BCUT2D eigenvalue weighted by Gasteiger charge is -2.26. The third kappa shape index (κ3) is 5.76. The van der Waals surface area contributed by atoms with Crippen LogP contribution in [0.3, 0.4) is 0 Å². The van der Waals surface area contributed by atoms with Gasteiger partial charge in [-0.3, -0.25) is 0 Å². The second-order valence-corrected chi connectivity index (χ2v) is 11.0. The van der Waals surface area contributed by atoms with Crippen LogP contribution < -0.4 is 14.4 Å². The number of benzene rings is 5. The molecule has 1 aliphatic heterocycles. The van der Waals surface area contributed by atoms with Gasteiger partial charge in [0.05, 0.1) is 0 Å². The van der Waals surface area contributed by atoms with Crippen molar-refractivity contribution >= 4 is 22.6 Å². The van der Waals surface area contributed by atoms with Crippen LogP contribution in [0.25, 0.3) is 27.8 Å². The number of ether oxygens (including phenoxy) is 2. The van der Waals surface area contributed by atoms with Gasteiger partial charge in [0.25, 0.3) is 0 Å². The van der Waals surface area contributed by atoms with E-state index in [1.807, 2.05) is 24.3 Å². The molecule has 0 atom stereocenters.